The molecule has 1 N–H and O–H groups in total. The molecule has 0 aliphatic carbocycles. The highest BCUT2D eigenvalue weighted by atomic mass is 32.2. The molecule has 0 spiro atoms. The molecule has 3 rings (SSSR count). The van der Waals surface area contributed by atoms with Crippen LogP contribution in [0, 0.1) is 0 Å². The maximum absolute atomic E-state index is 13.2. The predicted molar refractivity (Wildman–Crippen MR) is 102 cm³/mol. The van der Waals surface area contributed by atoms with Gasteiger partial charge in [-0.15, -0.1) is 0 Å². The molecule has 1 amide bonds. The summed E-state index contributed by atoms with van der Waals surface area (Å²) in [6.45, 7) is 2.30. The van der Waals surface area contributed by atoms with Gasteiger partial charge in [-0.2, -0.15) is 9.40 Å². The number of anilines is 1. The molecule has 2 heterocycles. The van der Waals surface area contributed by atoms with Gasteiger partial charge >= 0.3 is 0 Å². The number of hydrogen-bond acceptors (Lipinski definition) is 5. The summed E-state index contributed by atoms with van der Waals surface area (Å²) in [5, 5.41) is 5.86. The van der Waals surface area contributed by atoms with Crippen molar-refractivity contribution in [3.8, 4) is 0 Å². The maximum Gasteiger partial charge on any atom is 0.282 e. The second kappa shape index (κ2) is 9.32. The van der Waals surface area contributed by atoms with Crippen molar-refractivity contribution in [3.63, 3.8) is 0 Å². The Bertz CT molecular complexity index is 1020. The first-order valence-corrected chi connectivity index (χ1v) is 10.7. The third-order valence-electron chi connectivity index (χ3n) is 4.71. The minimum Gasteiger partial charge on any atom is -0.379 e. The smallest absolute Gasteiger partial charge is 0.282 e. The fourth-order valence-electron chi connectivity index (χ4n) is 3.01. The Morgan fingerprint density at radius 1 is 1.10 bits per heavy atom. The summed E-state index contributed by atoms with van der Waals surface area (Å²) in [7, 11) is -3.71. The third kappa shape index (κ3) is 5.05. The van der Waals surface area contributed by atoms with Crippen LogP contribution in [0.25, 0.3) is 0 Å². The third-order valence-corrected chi connectivity index (χ3v) is 6.62. The van der Waals surface area contributed by atoms with Gasteiger partial charge in [0.2, 0.25) is 15.9 Å². The lowest BCUT2D eigenvalue weighted by atomic mass is 10.2. The van der Waals surface area contributed by atoms with Gasteiger partial charge in [0.15, 0.2) is 0 Å². The van der Waals surface area contributed by atoms with Crippen LogP contribution in [0.4, 0.5) is 23.2 Å². The van der Waals surface area contributed by atoms with Crippen molar-refractivity contribution in [3.05, 3.63) is 41.7 Å². The van der Waals surface area contributed by atoms with E-state index in [2.05, 4.69) is 10.4 Å². The molecule has 1 aliphatic heterocycles. The quantitative estimate of drug-likeness (QED) is 0.636. The lowest BCUT2D eigenvalue weighted by Gasteiger charge is -2.26. The number of sulfonamides is 1. The number of ether oxygens (including phenoxy) is 1. The highest BCUT2D eigenvalue weighted by Gasteiger charge is 2.28. The highest BCUT2D eigenvalue weighted by molar-refractivity contribution is 7.89. The van der Waals surface area contributed by atoms with Crippen LogP contribution in [0.3, 0.4) is 0 Å². The maximum atomic E-state index is 13.2. The van der Waals surface area contributed by atoms with Crippen LogP contribution in [0.15, 0.2) is 35.2 Å². The van der Waals surface area contributed by atoms with Crippen molar-refractivity contribution in [2.45, 2.75) is 30.7 Å². The van der Waals surface area contributed by atoms with E-state index in [1.807, 2.05) is 0 Å². The molecule has 1 aromatic heterocycles. The van der Waals surface area contributed by atoms with Crippen molar-refractivity contribution in [2.75, 3.05) is 31.6 Å². The molecule has 13 heteroatoms. The number of amides is 1. The first-order valence-electron chi connectivity index (χ1n) is 9.25. The fraction of sp³-hybridized carbons (Fsp3) is 0.444. The van der Waals surface area contributed by atoms with Crippen LogP contribution in [0.5, 0.6) is 0 Å². The van der Waals surface area contributed by atoms with Gasteiger partial charge in [-0.3, -0.25) is 9.48 Å². The molecule has 31 heavy (non-hydrogen) atoms. The molecule has 0 saturated carbocycles. The SMILES string of the molecule is CC(C(=O)Nc1ccc(S(=O)(=O)N2CCOCC2)cc1)n1nc(C(F)F)cc1C(F)F. The first-order chi connectivity index (χ1) is 14.6. The van der Waals surface area contributed by atoms with Gasteiger partial charge in [-0.05, 0) is 37.3 Å². The molecule has 1 atom stereocenters. The Morgan fingerprint density at radius 2 is 1.71 bits per heavy atom. The minimum atomic E-state index is -3.71. The lowest BCUT2D eigenvalue weighted by molar-refractivity contribution is -0.119. The topological polar surface area (TPSA) is 93.5 Å². The van der Waals surface area contributed by atoms with E-state index in [4.69, 9.17) is 4.74 Å². The summed E-state index contributed by atoms with van der Waals surface area (Å²) in [6, 6.07) is 4.55. The summed E-state index contributed by atoms with van der Waals surface area (Å²) in [5.74, 6) is -0.783. The van der Waals surface area contributed by atoms with E-state index in [0.29, 0.717) is 24.0 Å². The Labute approximate surface area is 175 Å². The zero-order valence-electron chi connectivity index (χ0n) is 16.3. The number of nitrogens with zero attached hydrogens (tertiary/aromatic N) is 3. The van der Waals surface area contributed by atoms with Crippen molar-refractivity contribution in [1.82, 2.24) is 14.1 Å². The molecule has 1 fully saturated rings. The molecule has 0 radical (unpaired) electrons. The van der Waals surface area contributed by atoms with E-state index >= 15 is 0 Å². The van der Waals surface area contributed by atoms with E-state index in [1.54, 1.807) is 0 Å². The number of rotatable bonds is 7. The standard InChI is InChI=1S/C18H20F4N4O4S/c1-11(26-15(17(21)22)10-14(24-26)16(19)20)18(27)23-12-2-4-13(5-3-12)31(28,29)25-6-8-30-9-7-25/h2-5,10-11,16-17H,6-9H2,1H3,(H,23,27). The number of halogens is 4. The van der Waals surface area contributed by atoms with Gasteiger partial charge in [-0.25, -0.2) is 26.0 Å². The zero-order valence-corrected chi connectivity index (χ0v) is 17.2. The molecule has 0 bridgehead atoms. The largest absolute Gasteiger partial charge is 0.379 e. The van der Waals surface area contributed by atoms with Crippen LogP contribution < -0.4 is 5.32 Å². The average molecular weight is 464 g/mol. The Kier molecular flexibility index (Phi) is 6.96. The fourth-order valence-corrected chi connectivity index (χ4v) is 4.42. The Hall–Kier alpha value is -2.51. The first kappa shape index (κ1) is 23.2. The second-order valence-corrected chi connectivity index (χ2v) is 8.68. The molecule has 1 saturated heterocycles. The van der Waals surface area contributed by atoms with E-state index in [-0.39, 0.29) is 23.7 Å². The van der Waals surface area contributed by atoms with Crippen molar-refractivity contribution >= 4 is 21.6 Å². The summed E-state index contributed by atoms with van der Waals surface area (Å²) >= 11 is 0. The summed E-state index contributed by atoms with van der Waals surface area (Å²) in [4.78, 5) is 12.5. The van der Waals surface area contributed by atoms with E-state index in [0.717, 1.165) is 0 Å². The number of carbonyl (C=O) groups is 1. The number of alkyl halides is 4. The number of hydrogen-bond donors (Lipinski definition) is 1. The summed E-state index contributed by atoms with van der Waals surface area (Å²) in [5.41, 5.74) is -1.45. The number of morpholine rings is 1. The minimum absolute atomic E-state index is 0.0223. The normalized spacial score (nSPS) is 16.6. The van der Waals surface area contributed by atoms with Crippen molar-refractivity contribution < 1.29 is 35.5 Å². The average Bonchev–Trinajstić information content (AvgIpc) is 3.20. The molecular weight excluding hydrogens is 444 g/mol. The second-order valence-electron chi connectivity index (χ2n) is 6.75. The molecular formula is C18H20F4N4O4S. The van der Waals surface area contributed by atoms with Gasteiger partial charge in [0, 0.05) is 18.8 Å². The Balaban J connectivity index is 1.74. The van der Waals surface area contributed by atoms with E-state index in [9.17, 15) is 30.8 Å². The summed E-state index contributed by atoms with van der Waals surface area (Å²) < 4.78 is 84.2. The van der Waals surface area contributed by atoms with Crippen molar-refractivity contribution in [2.24, 2.45) is 0 Å². The van der Waals surface area contributed by atoms with Crippen LogP contribution >= 0.6 is 0 Å². The van der Waals surface area contributed by atoms with Gasteiger partial charge in [0.1, 0.15) is 17.4 Å². The van der Waals surface area contributed by atoms with E-state index < -0.39 is 46.2 Å². The van der Waals surface area contributed by atoms with Crippen LogP contribution in [-0.4, -0.2) is 54.7 Å². The number of nitrogens with one attached hydrogen (secondary N) is 1. The molecule has 1 aromatic carbocycles. The Morgan fingerprint density at radius 3 is 2.26 bits per heavy atom. The van der Waals surface area contributed by atoms with Crippen LogP contribution in [0.2, 0.25) is 0 Å². The van der Waals surface area contributed by atoms with Crippen LogP contribution in [-0.2, 0) is 19.6 Å². The van der Waals surface area contributed by atoms with Gasteiger partial charge < -0.3 is 10.1 Å². The monoisotopic (exact) mass is 464 g/mol. The highest BCUT2D eigenvalue weighted by Crippen LogP contribution is 2.28. The van der Waals surface area contributed by atoms with Crippen molar-refractivity contribution in [1.29, 1.82) is 0 Å². The van der Waals surface area contributed by atoms with Gasteiger partial charge in [-0.1, -0.05) is 0 Å². The number of aromatic nitrogens is 2. The molecule has 170 valence electrons. The van der Waals surface area contributed by atoms with Crippen LogP contribution in [0.1, 0.15) is 37.2 Å². The number of carbonyl (C=O) groups excluding carboxylic acids is 1. The van der Waals surface area contributed by atoms with Gasteiger partial charge in [0.05, 0.1) is 18.1 Å². The molecule has 1 aliphatic rings. The summed E-state index contributed by atoms with van der Waals surface area (Å²) in [6.07, 6.45) is -6.16. The molecule has 2 aromatic rings. The van der Waals surface area contributed by atoms with E-state index in [1.165, 1.54) is 35.5 Å². The zero-order chi connectivity index (χ0) is 22.8. The number of benzene rings is 1. The van der Waals surface area contributed by atoms with Gasteiger partial charge in [0.25, 0.3) is 12.9 Å². The predicted octanol–water partition coefficient (Wildman–Crippen LogP) is 2.98. The lowest BCUT2D eigenvalue weighted by Crippen LogP contribution is -2.40. The molecule has 1 unspecified atom stereocenters. The molecule has 8 nitrogen and oxygen atoms in total.